The third-order valence-corrected chi connectivity index (χ3v) is 4.86. The van der Waals surface area contributed by atoms with Crippen molar-refractivity contribution in [1.82, 2.24) is 0 Å². The van der Waals surface area contributed by atoms with Gasteiger partial charge in [-0.2, -0.15) is 11.8 Å². The summed E-state index contributed by atoms with van der Waals surface area (Å²) in [6, 6.07) is 0. The Balaban J connectivity index is 2.33. The molecule has 1 rings (SSSR count). The number of aliphatic hydroxyl groups excluding tert-OH is 1. The Morgan fingerprint density at radius 1 is 0.875 bits per heavy atom. The molecule has 0 aromatic carbocycles. The fourth-order valence-corrected chi connectivity index (χ4v) is 3.67. The first-order chi connectivity index (χ1) is 7.84. The Kier molecular flexibility index (Phi) is 8.40. The molecule has 16 heavy (non-hydrogen) atoms. The Hall–Kier alpha value is 0.310. The van der Waals surface area contributed by atoms with Crippen LogP contribution in [-0.2, 0) is 0 Å². The van der Waals surface area contributed by atoms with Gasteiger partial charge in [-0.3, -0.25) is 0 Å². The number of aliphatic hydroxyl groups is 1. The van der Waals surface area contributed by atoms with Gasteiger partial charge < -0.3 is 5.11 Å². The average Bonchev–Trinajstić information content (AvgIpc) is 2.28. The molecule has 0 aromatic heterocycles. The lowest BCUT2D eigenvalue weighted by Crippen LogP contribution is -2.23. The lowest BCUT2D eigenvalue weighted by atomic mass is 9.99. The Bertz CT molecular complexity index is 161. The predicted octanol–water partition coefficient (Wildman–Crippen LogP) is 4.38. The zero-order valence-electron chi connectivity index (χ0n) is 10.8. The molecule has 2 atom stereocenters. The Morgan fingerprint density at radius 3 is 1.94 bits per heavy atom. The van der Waals surface area contributed by atoms with Crippen LogP contribution in [0.1, 0.15) is 71.1 Å². The highest BCUT2D eigenvalue weighted by atomic mass is 32.2. The molecule has 0 radical (unpaired) electrons. The van der Waals surface area contributed by atoms with E-state index < -0.39 is 0 Å². The second-order valence-electron chi connectivity index (χ2n) is 4.97. The Morgan fingerprint density at radius 2 is 1.38 bits per heavy atom. The fraction of sp³-hybridized carbons (Fsp3) is 1.00. The van der Waals surface area contributed by atoms with E-state index in [0.29, 0.717) is 5.25 Å². The molecular weight excluding hydrogens is 216 g/mol. The lowest BCUT2D eigenvalue weighted by molar-refractivity contribution is 0.152. The smallest absolute Gasteiger partial charge is 0.0658 e. The standard InChI is InChI=1S/C14H28OS/c1-2-16-14-12-10-8-6-4-3-5-7-9-11-13(14)15/h13-15H,2-12H2,1H3/t13-,14-/m1/s1. The maximum atomic E-state index is 10.2. The second kappa shape index (κ2) is 9.35. The summed E-state index contributed by atoms with van der Waals surface area (Å²) in [6.45, 7) is 2.20. The normalized spacial score (nSPS) is 30.4. The van der Waals surface area contributed by atoms with Gasteiger partial charge in [0.1, 0.15) is 0 Å². The highest BCUT2D eigenvalue weighted by Gasteiger charge is 2.18. The average molecular weight is 244 g/mol. The predicted molar refractivity (Wildman–Crippen MR) is 74.1 cm³/mol. The topological polar surface area (TPSA) is 20.2 Å². The van der Waals surface area contributed by atoms with Crippen LogP contribution in [-0.4, -0.2) is 22.2 Å². The highest BCUT2D eigenvalue weighted by molar-refractivity contribution is 7.99. The summed E-state index contributed by atoms with van der Waals surface area (Å²) in [5, 5.41) is 10.7. The van der Waals surface area contributed by atoms with Crippen molar-refractivity contribution in [3.8, 4) is 0 Å². The van der Waals surface area contributed by atoms with Crippen molar-refractivity contribution in [3.63, 3.8) is 0 Å². The molecule has 0 bridgehead atoms. The van der Waals surface area contributed by atoms with Gasteiger partial charge in [0, 0.05) is 5.25 Å². The molecule has 1 N–H and O–H groups in total. The molecule has 1 fully saturated rings. The van der Waals surface area contributed by atoms with Crippen molar-refractivity contribution in [1.29, 1.82) is 0 Å². The van der Waals surface area contributed by atoms with Crippen LogP contribution in [0.15, 0.2) is 0 Å². The molecule has 0 heterocycles. The van der Waals surface area contributed by atoms with Crippen LogP contribution in [0, 0.1) is 0 Å². The molecule has 2 heteroatoms. The van der Waals surface area contributed by atoms with Gasteiger partial charge in [0.15, 0.2) is 0 Å². The van der Waals surface area contributed by atoms with Crippen LogP contribution in [0.5, 0.6) is 0 Å². The minimum Gasteiger partial charge on any atom is -0.392 e. The summed E-state index contributed by atoms with van der Waals surface area (Å²) in [5.41, 5.74) is 0. The second-order valence-corrected chi connectivity index (χ2v) is 6.48. The van der Waals surface area contributed by atoms with Crippen molar-refractivity contribution in [2.45, 2.75) is 82.5 Å². The summed E-state index contributed by atoms with van der Waals surface area (Å²) in [6.07, 6.45) is 13.0. The van der Waals surface area contributed by atoms with Gasteiger partial charge in [0.25, 0.3) is 0 Å². The summed E-state index contributed by atoms with van der Waals surface area (Å²) in [7, 11) is 0. The van der Waals surface area contributed by atoms with Gasteiger partial charge in [-0.25, -0.2) is 0 Å². The number of rotatable bonds is 2. The molecule has 0 aliphatic heterocycles. The molecule has 1 saturated carbocycles. The number of hydrogen-bond donors (Lipinski definition) is 1. The van der Waals surface area contributed by atoms with E-state index in [0.717, 1.165) is 12.2 Å². The fourth-order valence-electron chi connectivity index (χ4n) is 2.55. The van der Waals surface area contributed by atoms with Crippen molar-refractivity contribution < 1.29 is 5.11 Å². The minimum absolute atomic E-state index is 0.0515. The van der Waals surface area contributed by atoms with E-state index in [9.17, 15) is 5.11 Å². The van der Waals surface area contributed by atoms with Gasteiger partial charge in [0.2, 0.25) is 0 Å². The first-order valence-electron chi connectivity index (χ1n) is 7.14. The van der Waals surface area contributed by atoms with Crippen molar-refractivity contribution in [3.05, 3.63) is 0 Å². The summed E-state index contributed by atoms with van der Waals surface area (Å²) in [4.78, 5) is 0. The zero-order valence-corrected chi connectivity index (χ0v) is 11.6. The van der Waals surface area contributed by atoms with E-state index in [1.54, 1.807) is 0 Å². The van der Waals surface area contributed by atoms with Gasteiger partial charge in [0.05, 0.1) is 6.10 Å². The molecule has 0 spiro atoms. The number of hydrogen-bond acceptors (Lipinski definition) is 2. The van der Waals surface area contributed by atoms with Gasteiger partial charge in [-0.1, -0.05) is 58.3 Å². The maximum absolute atomic E-state index is 10.2. The van der Waals surface area contributed by atoms with Crippen LogP contribution in [0.3, 0.4) is 0 Å². The third-order valence-electron chi connectivity index (χ3n) is 3.55. The number of thioether (sulfide) groups is 1. The van der Waals surface area contributed by atoms with Crippen molar-refractivity contribution >= 4 is 11.8 Å². The molecular formula is C14H28OS. The molecule has 1 aliphatic carbocycles. The Labute approximate surface area is 105 Å². The van der Waals surface area contributed by atoms with Gasteiger partial charge >= 0.3 is 0 Å². The van der Waals surface area contributed by atoms with E-state index in [2.05, 4.69) is 6.92 Å². The van der Waals surface area contributed by atoms with Crippen LogP contribution < -0.4 is 0 Å². The summed E-state index contributed by atoms with van der Waals surface area (Å²) < 4.78 is 0. The van der Waals surface area contributed by atoms with E-state index in [4.69, 9.17) is 0 Å². The largest absolute Gasteiger partial charge is 0.392 e. The van der Waals surface area contributed by atoms with Crippen molar-refractivity contribution in [2.24, 2.45) is 0 Å². The van der Waals surface area contributed by atoms with E-state index in [-0.39, 0.29) is 6.10 Å². The summed E-state index contributed by atoms with van der Waals surface area (Å²) >= 11 is 1.96. The summed E-state index contributed by atoms with van der Waals surface area (Å²) in [5.74, 6) is 1.14. The van der Waals surface area contributed by atoms with Crippen LogP contribution in [0.2, 0.25) is 0 Å². The van der Waals surface area contributed by atoms with E-state index in [1.807, 2.05) is 11.8 Å². The monoisotopic (exact) mass is 244 g/mol. The quantitative estimate of drug-likeness (QED) is 0.777. The van der Waals surface area contributed by atoms with Crippen LogP contribution in [0.4, 0.5) is 0 Å². The SMILES string of the molecule is CCS[C@@H]1CCCCCCCCCC[C@H]1O. The van der Waals surface area contributed by atoms with E-state index in [1.165, 1.54) is 57.8 Å². The molecule has 0 unspecified atom stereocenters. The van der Waals surface area contributed by atoms with Crippen LogP contribution in [0.25, 0.3) is 0 Å². The molecule has 0 amide bonds. The van der Waals surface area contributed by atoms with E-state index >= 15 is 0 Å². The van der Waals surface area contributed by atoms with Crippen molar-refractivity contribution in [2.75, 3.05) is 5.75 Å². The van der Waals surface area contributed by atoms with Gasteiger partial charge in [-0.15, -0.1) is 0 Å². The zero-order chi connectivity index (χ0) is 11.6. The van der Waals surface area contributed by atoms with Crippen LogP contribution >= 0.6 is 11.8 Å². The molecule has 96 valence electrons. The minimum atomic E-state index is -0.0515. The molecule has 0 aromatic rings. The first kappa shape index (κ1) is 14.4. The lowest BCUT2D eigenvalue weighted by Gasteiger charge is -2.22. The van der Waals surface area contributed by atoms with Gasteiger partial charge in [-0.05, 0) is 18.6 Å². The molecule has 1 nitrogen and oxygen atoms in total. The third kappa shape index (κ3) is 6.15. The maximum Gasteiger partial charge on any atom is 0.0658 e. The molecule has 0 saturated heterocycles. The first-order valence-corrected chi connectivity index (χ1v) is 8.19. The highest BCUT2D eigenvalue weighted by Crippen LogP contribution is 2.25. The molecule has 1 aliphatic rings.